The summed E-state index contributed by atoms with van der Waals surface area (Å²) >= 11 is 7.46. The molecule has 1 rings (SSSR count). The molecule has 0 aliphatic rings. The summed E-state index contributed by atoms with van der Waals surface area (Å²) in [6.07, 6.45) is -2.70. The average molecular weight is 328 g/mol. The molecule has 0 radical (unpaired) electrons. The Labute approximate surface area is 98.0 Å². The van der Waals surface area contributed by atoms with Gasteiger partial charge in [0.2, 0.25) is 0 Å². The SMILES string of the molecule is N#CCc1nc(C(F)F)c(I)cc1Cl. The highest BCUT2D eigenvalue weighted by atomic mass is 127. The molecule has 0 unspecified atom stereocenters. The molecule has 14 heavy (non-hydrogen) atoms. The van der Waals surface area contributed by atoms with Gasteiger partial charge in [-0.3, -0.25) is 0 Å². The minimum Gasteiger partial charge on any atom is -0.248 e. The number of pyridine rings is 1. The minimum absolute atomic E-state index is 0.0600. The molecular weight excluding hydrogens is 324 g/mol. The summed E-state index contributed by atoms with van der Waals surface area (Å²) in [5, 5.41) is 8.66. The van der Waals surface area contributed by atoms with Crippen LogP contribution in [0.25, 0.3) is 0 Å². The molecule has 0 atom stereocenters. The summed E-state index contributed by atoms with van der Waals surface area (Å²) in [5.41, 5.74) is -0.120. The predicted octanol–water partition coefficient (Wildman–Crippen LogP) is 3.34. The number of hydrogen-bond acceptors (Lipinski definition) is 2. The highest BCUT2D eigenvalue weighted by molar-refractivity contribution is 14.1. The highest BCUT2D eigenvalue weighted by Gasteiger charge is 2.16. The zero-order valence-electron chi connectivity index (χ0n) is 6.77. The van der Waals surface area contributed by atoms with Crippen molar-refractivity contribution in [3.63, 3.8) is 0 Å². The van der Waals surface area contributed by atoms with Gasteiger partial charge in [-0.2, -0.15) is 5.26 Å². The van der Waals surface area contributed by atoms with Crippen molar-refractivity contribution in [2.75, 3.05) is 0 Å². The topological polar surface area (TPSA) is 36.7 Å². The van der Waals surface area contributed by atoms with E-state index >= 15 is 0 Å². The molecule has 0 bridgehead atoms. The molecule has 1 aromatic rings. The Balaban J connectivity index is 3.21. The van der Waals surface area contributed by atoms with E-state index in [2.05, 4.69) is 4.98 Å². The molecule has 0 saturated heterocycles. The van der Waals surface area contributed by atoms with E-state index in [0.29, 0.717) is 3.57 Å². The number of aromatic nitrogens is 1. The van der Waals surface area contributed by atoms with Crippen molar-refractivity contribution in [1.82, 2.24) is 4.98 Å². The molecule has 0 N–H and O–H groups in total. The smallest absolute Gasteiger partial charge is 0.248 e. The largest absolute Gasteiger partial charge is 0.281 e. The molecule has 6 heteroatoms. The van der Waals surface area contributed by atoms with Crippen LogP contribution in [0.5, 0.6) is 0 Å². The molecule has 0 fully saturated rings. The quantitative estimate of drug-likeness (QED) is 0.781. The Morgan fingerprint density at radius 3 is 2.79 bits per heavy atom. The summed E-state index contributed by atoms with van der Waals surface area (Å²) in [7, 11) is 0. The van der Waals surface area contributed by atoms with Crippen LogP contribution >= 0.6 is 34.2 Å². The molecule has 1 heterocycles. The van der Waals surface area contributed by atoms with Crippen LogP contribution in [-0.2, 0) is 6.42 Å². The third-order valence-electron chi connectivity index (χ3n) is 1.48. The maximum atomic E-state index is 12.4. The van der Waals surface area contributed by atoms with E-state index in [1.807, 2.05) is 6.07 Å². The van der Waals surface area contributed by atoms with Gasteiger partial charge in [0.05, 0.1) is 23.2 Å². The van der Waals surface area contributed by atoms with Crippen LogP contribution in [0.1, 0.15) is 17.8 Å². The lowest BCUT2D eigenvalue weighted by molar-refractivity contribution is 0.145. The minimum atomic E-state index is -2.64. The molecule has 0 amide bonds. The molecule has 2 nitrogen and oxygen atoms in total. The van der Waals surface area contributed by atoms with Gasteiger partial charge in [0.15, 0.2) is 0 Å². The first kappa shape index (κ1) is 11.6. The number of nitrogens with zero attached hydrogens (tertiary/aromatic N) is 2. The number of hydrogen-bond donors (Lipinski definition) is 0. The van der Waals surface area contributed by atoms with E-state index in [-0.39, 0.29) is 22.8 Å². The normalized spacial score (nSPS) is 10.3. The highest BCUT2D eigenvalue weighted by Crippen LogP contribution is 2.26. The summed E-state index contributed by atoms with van der Waals surface area (Å²) in [6, 6.07) is 3.21. The van der Waals surface area contributed by atoms with E-state index in [4.69, 9.17) is 16.9 Å². The molecule has 0 aromatic carbocycles. The van der Waals surface area contributed by atoms with E-state index in [1.165, 1.54) is 6.07 Å². The fraction of sp³-hybridized carbons (Fsp3) is 0.250. The second-order valence-electron chi connectivity index (χ2n) is 2.42. The Bertz CT molecular complexity index is 390. The summed E-state index contributed by atoms with van der Waals surface area (Å²) < 4.78 is 25.1. The van der Waals surface area contributed by atoms with E-state index in [1.54, 1.807) is 22.6 Å². The van der Waals surface area contributed by atoms with E-state index < -0.39 is 6.43 Å². The first-order valence-electron chi connectivity index (χ1n) is 3.56. The Hall–Kier alpha value is -0.480. The maximum Gasteiger partial charge on any atom is 0.281 e. The summed E-state index contributed by atoms with van der Waals surface area (Å²) in [5.74, 6) is 0. The van der Waals surface area contributed by atoms with Gasteiger partial charge in [0, 0.05) is 3.57 Å². The summed E-state index contributed by atoms with van der Waals surface area (Å²) in [4.78, 5) is 3.65. The first-order chi connectivity index (χ1) is 6.56. The molecule has 1 aromatic heterocycles. The monoisotopic (exact) mass is 328 g/mol. The van der Waals surface area contributed by atoms with Gasteiger partial charge in [-0.1, -0.05) is 11.6 Å². The van der Waals surface area contributed by atoms with Crippen LogP contribution in [0.2, 0.25) is 5.02 Å². The fourth-order valence-electron chi connectivity index (χ4n) is 0.873. The summed E-state index contributed by atoms with van der Waals surface area (Å²) in [6.45, 7) is 0. The predicted molar refractivity (Wildman–Crippen MR) is 56.2 cm³/mol. The standard InChI is InChI=1S/C8H4ClF2IN2/c9-4-3-5(12)7(8(10)11)14-6(4)1-2-13/h3,8H,1H2. The van der Waals surface area contributed by atoms with Gasteiger partial charge in [-0.05, 0) is 28.7 Å². The van der Waals surface area contributed by atoms with Gasteiger partial charge < -0.3 is 0 Å². The molecule has 0 aliphatic heterocycles. The van der Waals surface area contributed by atoms with Crippen molar-refractivity contribution in [2.45, 2.75) is 12.8 Å². The third kappa shape index (κ3) is 2.51. The van der Waals surface area contributed by atoms with Crippen molar-refractivity contribution >= 4 is 34.2 Å². The third-order valence-corrected chi connectivity index (χ3v) is 2.67. The Kier molecular flexibility index (Phi) is 4.01. The molecule has 0 saturated carbocycles. The molecule has 0 aliphatic carbocycles. The Morgan fingerprint density at radius 1 is 1.64 bits per heavy atom. The van der Waals surface area contributed by atoms with Crippen molar-refractivity contribution in [3.05, 3.63) is 26.0 Å². The van der Waals surface area contributed by atoms with Crippen LogP contribution in [-0.4, -0.2) is 4.98 Å². The molecule has 74 valence electrons. The van der Waals surface area contributed by atoms with Crippen LogP contribution in [0.4, 0.5) is 8.78 Å². The average Bonchev–Trinajstić information content (AvgIpc) is 2.09. The second-order valence-corrected chi connectivity index (χ2v) is 3.99. The number of halogens is 4. The number of nitriles is 1. The van der Waals surface area contributed by atoms with Gasteiger partial charge in [-0.25, -0.2) is 13.8 Å². The van der Waals surface area contributed by atoms with E-state index in [9.17, 15) is 8.78 Å². The number of alkyl halides is 2. The molecule has 0 spiro atoms. The lowest BCUT2D eigenvalue weighted by Gasteiger charge is -2.05. The van der Waals surface area contributed by atoms with Crippen molar-refractivity contribution in [3.8, 4) is 6.07 Å². The molecular formula is C8H4ClF2IN2. The van der Waals surface area contributed by atoms with Crippen molar-refractivity contribution in [1.29, 1.82) is 5.26 Å². The van der Waals surface area contributed by atoms with Crippen molar-refractivity contribution < 1.29 is 8.78 Å². The van der Waals surface area contributed by atoms with Gasteiger partial charge in [-0.15, -0.1) is 0 Å². The van der Waals surface area contributed by atoms with Crippen LogP contribution < -0.4 is 0 Å². The van der Waals surface area contributed by atoms with E-state index in [0.717, 1.165) is 0 Å². The van der Waals surface area contributed by atoms with Gasteiger partial charge >= 0.3 is 0 Å². The van der Waals surface area contributed by atoms with Crippen LogP contribution in [0, 0.1) is 14.9 Å². The van der Waals surface area contributed by atoms with Gasteiger partial charge in [0.25, 0.3) is 6.43 Å². The number of rotatable bonds is 2. The van der Waals surface area contributed by atoms with Gasteiger partial charge in [0.1, 0.15) is 5.69 Å². The Morgan fingerprint density at radius 2 is 2.29 bits per heavy atom. The maximum absolute atomic E-state index is 12.4. The first-order valence-corrected chi connectivity index (χ1v) is 5.02. The van der Waals surface area contributed by atoms with Crippen LogP contribution in [0.15, 0.2) is 6.07 Å². The van der Waals surface area contributed by atoms with Crippen molar-refractivity contribution in [2.24, 2.45) is 0 Å². The zero-order valence-corrected chi connectivity index (χ0v) is 9.68. The van der Waals surface area contributed by atoms with Crippen LogP contribution in [0.3, 0.4) is 0 Å². The zero-order chi connectivity index (χ0) is 10.7. The fourth-order valence-corrected chi connectivity index (χ4v) is 1.94. The lowest BCUT2D eigenvalue weighted by atomic mass is 10.2. The lowest BCUT2D eigenvalue weighted by Crippen LogP contribution is -2.00. The second kappa shape index (κ2) is 4.84.